The van der Waals surface area contributed by atoms with E-state index in [0.29, 0.717) is 24.6 Å². The Hall–Kier alpha value is -0.950. The predicted octanol–water partition coefficient (Wildman–Crippen LogP) is -1.32. The van der Waals surface area contributed by atoms with Crippen LogP contribution in [0.2, 0.25) is 0 Å². The lowest BCUT2D eigenvalue weighted by Crippen LogP contribution is -2.50. The number of nitrogens with two attached hydrogens (primary N) is 1. The first-order valence-electron chi connectivity index (χ1n) is 6.08. The van der Waals surface area contributed by atoms with Gasteiger partial charge in [0, 0.05) is 35.4 Å². The SMILES string of the molecule is CC(C)[C@H](N)C(=O)NCC(=O)N1CCS(=O)CC1. The smallest absolute Gasteiger partial charge is 0.242 e. The molecule has 0 radical (unpaired) electrons. The normalized spacial score (nSPS) is 18.8. The van der Waals surface area contributed by atoms with E-state index in [4.69, 9.17) is 5.73 Å². The van der Waals surface area contributed by atoms with Crippen molar-refractivity contribution in [3.8, 4) is 0 Å². The van der Waals surface area contributed by atoms with Gasteiger partial charge in [0.2, 0.25) is 11.8 Å². The maximum atomic E-state index is 11.8. The van der Waals surface area contributed by atoms with Gasteiger partial charge >= 0.3 is 0 Å². The van der Waals surface area contributed by atoms with Crippen LogP contribution in [-0.4, -0.2) is 58.1 Å². The Bertz CT molecular complexity index is 336. The fourth-order valence-corrected chi connectivity index (χ4v) is 2.63. The maximum Gasteiger partial charge on any atom is 0.242 e. The molecular formula is C11H21N3O3S. The number of carbonyl (C=O) groups excluding carboxylic acids is 2. The molecule has 18 heavy (non-hydrogen) atoms. The van der Waals surface area contributed by atoms with Crippen molar-refractivity contribution in [3.05, 3.63) is 0 Å². The Morgan fingerprint density at radius 1 is 1.33 bits per heavy atom. The summed E-state index contributed by atoms with van der Waals surface area (Å²) in [6.07, 6.45) is 0. The molecule has 1 aliphatic heterocycles. The second-order valence-corrected chi connectivity index (χ2v) is 6.41. The molecular weight excluding hydrogens is 254 g/mol. The molecule has 0 aromatic carbocycles. The Balaban J connectivity index is 2.33. The zero-order valence-electron chi connectivity index (χ0n) is 10.8. The van der Waals surface area contributed by atoms with Crippen LogP contribution in [0, 0.1) is 5.92 Å². The lowest BCUT2D eigenvalue weighted by molar-refractivity contribution is -0.133. The van der Waals surface area contributed by atoms with Gasteiger partial charge in [0.15, 0.2) is 0 Å². The highest BCUT2D eigenvalue weighted by molar-refractivity contribution is 7.85. The van der Waals surface area contributed by atoms with Crippen molar-refractivity contribution in [2.75, 3.05) is 31.1 Å². The van der Waals surface area contributed by atoms with Crippen LogP contribution in [0.4, 0.5) is 0 Å². The van der Waals surface area contributed by atoms with E-state index >= 15 is 0 Å². The van der Waals surface area contributed by atoms with Crippen molar-refractivity contribution in [2.45, 2.75) is 19.9 Å². The van der Waals surface area contributed by atoms with Crippen molar-refractivity contribution in [3.63, 3.8) is 0 Å². The van der Waals surface area contributed by atoms with Crippen molar-refractivity contribution in [1.29, 1.82) is 0 Å². The Morgan fingerprint density at radius 3 is 2.39 bits per heavy atom. The molecule has 1 atom stereocenters. The molecule has 1 rings (SSSR count). The van der Waals surface area contributed by atoms with Crippen molar-refractivity contribution >= 4 is 22.6 Å². The lowest BCUT2D eigenvalue weighted by Gasteiger charge is -2.26. The van der Waals surface area contributed by atoms with Gasteiger partial charge < -0.3 is 16.0 Å². The van der Waals surface area contributed by atoms with Gasteiger partial charge in [-0.05, 0) is 5.92 Å². The third kappa shape index (κ3) is 4.38. The number of hydrogen-bond donors (Lipinski definition) is 2. The van der Waals surface area contributed by atoms with E-state index in [1.54, 1.807) is 4.90 Å². The molecule has 0 aromatic heterocycles. The van der Waals surface area contributed by atoms with Gasteiger partial charge in [-0.2, -0.15) is 0 Å². The Morgan fingerprint density at radius 2 is 1.89 bits per heavy atom. The highest BCUT2D eigenvalue weighted by atomic mass is 32.2. The first-order valence-corrected chi connectivity index (χ1v) is 7.56. The predicted molar refractivity (Wildman–Crippen MR) is 70.3 cm³/mol. The van der Waals surface area contributed by atoms with E-state index in [2.05, 4.69) is 5.32 Å². The van der Waals surface area contributed by atoms with E-state index in [1.165, 1.54) is 0 Å². The van der Waals surface area contributed by atoms with Gasteiger partial charge in [-0.1, -0.05) is 13.8 Å². The van der Waals surface area contributed by atoms with E-state index in [-0.39, 0.29) is 24.3 Å². The quantitative estimate of drug-likeness (QED) is 0.665. The molecule has 0 spiro atoms. The minimum atomic E-state index is -0.805. The minimum Gasteiger partial charge on any atom is -0.346 e. The van der Waals surface area contributed by atoms with Gasteiger partial charge in [-0.15, -0.1) is 0 Å². The van der Waals surface area contributed by atoms with E-state index < -0.39 is 16.8 Å². The van der Waals surface area contributed by atoms with Gasteiger partial charge in [-0.25, -0.2) is 0 Å². The van der Waals surface area contributed by atoms with Gasteiger partial charge in [0.1, 0.15) is 0 Å². The summed E-state index contributed by atoms with van der Waals surface area (Å²) in [4.78, 5) is 25.0. The molecule has 0 bridgehead atoms. The lowest BCUT2D eigenvalue weighted by atomic mass is 10.1. The monoisotopic (exact) mass is 275 g/mol. The summed E-state index contributed by atoms with van der Waals surface area (Å²) in [6, 6.07) is -0.591. The number of nitrogens with one attached hydrogen (secondary N) is 1. The second-order valence-electron chi connectivity index (χ2n) is 4.72. The average Bonchev–Trinajstić information content (AvgIpc) is 2.35. The number of rotatable bonds is 4. The summed E-state index contributed by atoms with van der Waals surface area (Å²) in [7, 11) is -0.805. The minimum absolute atomic E-state index is 0.0358. The third-order valence-corrected chi connectivity index (χ3v) is 4.24. The second kappa shape index (κ2) is 6.84. The fourth-order valence-electron chi connectivity index (χ4n) is 1.58. The van der Waals surface area contributed by atoms with Crippen molar-refractivity contribution in [2.24, 2.45) is 11.7 Å². The molecule has 2 amide bonds. The van der Waals surface area contributed by atoms with E-state index in [0.717, 1.165) is 0 Å². The molecule has 104 valence electrons. The Kier molecular flexibility index (Phi) is 5.74. The van der Waals surface area contributed by atoms with Crippen LogP contribution in [-0.2, 0) is 20.4 Å². The molecule has 1 aliphatic rings. The van der Waals surface area contributed by atoms with Crippen LogP contribution in [0.15, 0.2) is 0 Å². The first-order chi connectivity index (χ1) is 8.41. The summed E-state index contributed by atoms with van der Waals surface area (Å²) in [6.45, 7) is 4.67. The molecule has 3 N–H and O–H groups in total. The fraction of sp³-hybridized carbons (Fsp3) is 0.818. The summed E-state index contributed by atoms with van der Waals surface area (Å²) in [5.41, 5.74) is 5.67. The molecule has 1 heterocycles. The van der Waals surface area contributed by atoms with Crippen LogP contribution in [0.3, 0.4) is 0 Å². The first kappa shape index (κ1) is 15.1. The molecule has 1 fully saturated rings. The van der Waals surface area contributed by atoms with Crippen LogP contribution < -0.4 is 11.1 Å². The molecule has 0 aromatic rings. The third-order valence-electron chi connectivity index (χ3n) is 2.97. The number of carbonyl (C=O) groups is 2. The average molecular weight is 275 g/mol. The molecule has 0 unspecified atom stereocenters. The van der Waals surface area contributed by atoms with Crippen LogP contribution in [0.25, 0.3) is 0 Å². The van der Waals surface area contributed by atoms with Crippen LogP contribution in [0.5, 0.6) is 0 Å². The zero-order valence-corrected chi connectivity index (χ0v) is 11.7. The largest absolute Gasteiger partial charge is 0.346 e. The summed E-state index contributed by atoms with van der Waals surface area (Å²) < 4.78 is 11.1. The van der Waals surface area contributed by atoms with Crippen LogP contribution >= 0.6 is 0 Å². The molecule has 7 heteroatoms. The molecule has 1 saturated heterocycles. The Labute approximate surface area is 110 Å². The van der Waals surface area contributed by atoms with Gasteiger partial charge in [-0.3, -0.25) is 13.8 Å². The van der Waals surface area contributed by atoms with Crippen molar-refractivity contribution < 1.29 is 13.8 Å². The zero-order chi connectivity index (χ0) is 13.7. The number of amides is 2. The standard InChI is InChI=1S/C11H21N3O3S/c1-8(2)10(12)11(16)13-7-9(15)14-3-5-18(17)6-4-14/h8,10H,3-7,12H2,1-2H3,(H,13,16)/t10-/m0/s1. The van der Waals surface area contributed by atoms with E-state index in [9.17, 15) is 13.8 Å². The number of hydrogen-bond acceptors (Lipinski definition) is 4. The maximum absolute atomic E-state index is 11.8. The van der Waals surface area contributed by atoms with E-state index in [1.807, 2.05) is 13.8 Å². The highest BCUT2D eigenvalue weighted by Gasteiger charge is 2.22. The van der Waals surface area contributed by atoms with Gasteiger partial charge in [0.25, 0.3) is 0 Å². The summed E-state index contributed by atoms with van der Waals surface area (Å²) in [5, 5.41) is 2.54. The van der Waals surface area contributed by atoms with Gasteiger partial charge in [0.05, 0.1) is 12.6 Å². The molecule has 0 saturated carbocycles. The molecule has 0 aliphatic carbocycles. The summed E-state index contributed by atoms with van der Waals surface area (Å²) in [5.74, 6) is 0.628. The topological polar surface area (TPSA) is 92.5 Å². The van der Waals surface area contributed by atoms with Crippen molar-refractivity contribution in [1.82, 2.24) is 10.2 Å². The molecule has 6 nitrogen and oxygen atoms in total. The highest BCUT2D eigenvalue weighted by Crippen LogP contribution is 2.01. The summed E-state index contributed by atoms with van der Waals surface area (Å²) >= 11 is 0. The van der Waals surface area contributed by atoms with Crippen LogP contribution in [0.1, 0.15) is 13.8 Å². The number of nitrogens with zero attached hydrogens (tertiary/aromatic N) is 1.